The van der Waals surface area contributed by atoms with Gasteiger partial charge in [-0.3, -0.25) is 4.90 Å². The standard InChI is InChI=1S/C17H26ClN3O/c1-10-19-17(22-20-10)16-14(11-3-5-12(18)6-4-11)9-13-7-8-15(16)21(13)2/h11-16H,3-9H2,1-2H3/t11?,12?,13-,14-,15?,16?/m1/s1. The fourth-order valence-electron chi connectivity index (χ4n) is 5.29. The van der Waals surface area contributed by atoms with E-state index in [0.29, 0.717) is 23.3 Å². The Morgan fingerprint density at radius 2 is 1.91 bits per heavy atom. The van der Waals surface area contributed by atoms with Gasteiger partial charge >= 0.3 is 0 Å². The van der Waals surface area contributed by atoms with Crippen LogP contribution < -0.4 is 0 Å². The Bertz CT molecular complexity index is 526. The van der Waals surface area contributed by atoms with E-state index < -0.39 is 0 Å². The van der Waals surface area contributed by atoms with Crippen LogP contribution in [0.4, 0.5) is 0 Å². The lowest BCUT2D eigenvalue weighted by atomic mass is 9.68. The predicted octanol–water partition coefficient (Wildman–Crippen LogP) is 3.74. The highest BCUT2D eigenvalue weighted by molar-refractivity contribution is 6.20. The van der Waals surface area contributed by atoms with Crippen molar-refractivity contribution in [3.8, 4) is 0 Å². The second kappa shape index (κ2) is 5.79. The molecular formula is C17H26ClN3O. The minimum absolute atomic E-state index is 0.392. The molecule has 3 fully saturated rings. The highest BCUT2D eigenvalue weighted by Gasteiger charge is 2.50. The number of aromatic nitrogens is 2. The second-order valence-electron chi connectivity index (χ2n) is 7.58. The van der Waals surface area contributed by atoms with Crippen LogP contribution in [0.1, 0.15) is 62.6 Å². The van der Waals surface area contributed by atoms with Gasteiger partial charge in [0.25, 0.3) is 0 Å². The Labute approximate surface area is 137 Å². The molecule has 5 heteroatoms. The molecule has 4 rings (SSSR count). The molecule has 1 saturated carbocycles. The van der Waals surface area contributed by atoms with Crippen molar-refractivity contribution in [2.24, 2.45) is 11.8 Å². The monoisotopic (exact) mass is 323 g/mol. The van der Waals surface area contributed by atoms with Gasteiger partial charge < -0.3 is 4.52 Å². The van der Waals surface area contributed by atoms with E-state index in [1.807, 2.05) is 6.92 Å². The van der Waals surface area contributed by atoms with Gasteiger partial charge in [0.05, 0.1) is 5.92 Å². The molecule has 1 aromatic rings. The van der Waals surface area contributed by atoms with Crippen LogP contribution in [0.3, 0.4) is 0 Å². The lowest BCUT2D eigenvalue weighted by molar-refractivity contribution is 0.0497. The van der Waals surface area contributed by atoms with Gasteiger partial charge in [-0.1, -0.05) is 5.16 Å². The van der Waals surface area contributed by atoms with Crippen molar-refractivity contribution < 1.29 is 4.52 Å². The topological polar surface area (TPSA) is 42.2 Å². The molecule has 2 saturated heterocycles. The highest BCUT2D eigenvalue weighted by atomic mass is 35.5. The molecule has 2 aliphatic heterocycles. The predicted molar refractivity (Wildman–Crippen MR) is 86.1 cm³/mol. The van der Waals surface area contributed by atoms with E-state index >= 15 is 0 Å². The number of halogens is 1. The minimum Gasteiger partial charge on any atom is -0.339 e. The van der Waals surface area contributed by atoms with Crippen molar-refractivity contribution in [3.05, 3.63) is 11.7 Å². The van der Waals surface area contributed by atoms with Crippen LogP contribution in [-0.2, 0) is 0 Å². The highest BCUT2D eigenvalue weighted by Crippen LogP contribution is 2.51. The van der Waals surface area contributed by atoms with Crippen LogP contribution in [0, 0.1) is 18.8 Å². The van der Waals surface area contributed by atoms with Crippen molar-refractivity contribution in [2.45, 2.75) is 75.2 Å². The Kier molecular flexibility index (Phi) is 3.93. The van der Waals surface area contributed by atoms with E-state index in [2.05, 4.69) is 22.1 Å². The number of fused-ring (bicyclic) bond motifs is 2. The molecule has 122 valence electrons. The SMILES string of the molecule is Cc1noc(C2C3CC[C@H](C[C@@H]2C2CCC(Cl)CC2)N3C)n1. The third-order valence-corrected chi connectivity index (χ3v) is 6.89. The van der Waals surface area contributed by atoms with E-state index in [-0.39, 0.29) is 0 Å². The molecule has 4 atom stereocenters. The van der Waals surface area contributed by atoms with Gasteiger partial charge in [-0.05, 0) is 70.8 Å². The first-order valence-corrected chi connectivity index (χ1v) is 9.23. The molecule has 0 spiro atoms. The number of nitrogens with zero attached hydrogens (tertiary/aromatic N) is 3. The van der Waals surface area contributed by atoms with Gasteiger partial charge in [-0.25, -0.2) is 0 Å². The second-order valence-corrected chi connectivity index (χ2v) is 8.20. The summed E-state index contributed by atoms with van der Waals surface area (Å²) in [6.07, 6.45) is 8.77. The first-order valence-electron chi connectivity index (χ1n) is 8.79. The lowest BCUT2D eigenvalue weighted by Gasteiger charge is -2.45. The van der Waals surface area contributed by atoms with E-state index in [9.17, 15) is 0 Å². The number of hydrogen-bond acceptors (Lipinski definition) is 4. The summed E-state index contributed by atoms with van der Waals surface area (Å²) in [5.41, 5.74) is 0. The third-order valence-electron chi connectivity index (χ3n) is 6.45. The van der Waals surface area contributed by atoms with Crippen LogP contribution in [0.25, 0.3) is 0 Å². The van der Waals surface area contributed by atoms with Gasteiger partial charge in [-0.15, -0.1) is 11.6 Å². The van der Waals surface area contributed by atoms with Gasteiger partial charge in [0.1, 0.15) is 0 Å². The maximum absolute atomic E-state index is 6.32. The Morgan fingerprint density at radius 3 is 2.59 bits per heavy atom. The smallest absolute Gasteiger partial charge is 0.231 e. The molecule has 2 bridgehead atoms. The van der Waals surface area contributed by atoms with Crippen LogP contribution in [0.15, 0.2) is 4.52 Å². The van der Waals surface area contributed by atoms with Crippen molar-refractivity contribution in [1.29, 1.82) is 0 Å². The fourth-order valence-corrected chi connectivity index (χ4v) is 5.54. The fraction of sp³-hybridized carbons (Fsp3) is 0.882. The van der Waals surface area contributed by atoms with Crippen LogP contribution in [0.5, 0.6) is 0 Å². The average molecular weight is 324 g/mol. The zero-order valence-corrected chi connectivity index (χ0v) is 14.3. The number of aryl methyl sites for hydroxylation is 1. The molecule has 1 aliphatic carbocycles. The largest absolute Gasteiger partial charge is 0.339 e. The van der Waals surface area contributed by atoms with Gasteiger partial charge in [0, 0.05) is 17.5 Å². The lowest BCUT2D eigenvalue weighted by Crippen LogP contribution is -2.47. The molecular weight excluding hydrogens is 298 g/mol. The zero-order chi connectivity index (χ0) is 15.3. The number of alkyl halides is 1. The molecule has 0 amide bonds. The molecule has 0 radical (unpaired) electrons. The maximum atomic E-state index is 6.32. The Morgan fingerprint density at radius 1 is 1.14 bits per heavy atom. The first kappa shape index (κ1) is 14.9. The van der Waals surface area contributed by atoms with Gasteiger partial charge in [0.15, 0.2) is 5.82 Å². The molecule has 4 nitrogen and oxygen atoms in total. The molecule has 0 aromatic carbocycles. The molecule has 2 unspecified atom stereocenters. The van der Waals surface area contributed by atoms with Crippen LogP contribution in [-0.4, -0.2) is 39.5 Å². The summed E-state index contributed by atoms with van der Waals surface area (Å²) < 4.78 is 5.63. The average Bonchev–Trinajstić information content (AvgIpc) is 3.02. The Hall–Kier alpha value is -0.610. The summed E-state index contributed by atoms with van der Waals surface area (Å²) in [5.74, 6) is 3.54. The normalized spacial score (nSPS) is 42.7. The summed E-state index contributed by atoms with van der Waals surface area (Å²) in [4.78, 5) is 7.19. The van der Waals surface area contributed by atoms with Crippen molar-refractivity contribution in [2.75, 3.05) is 7.05 Å². The third kappa shape index (κ3) is 2.48. The quantitative estimate of drug-likeness (QED) is 0.777. The summed E-state index contributed by atoms with van der Waals surface area (Å²) in [7, 11) is 2.28. The molecule has 3 aliphatic rings. The van der Waals surface area contributed by atoms with Crippen LogP contribution >= 0.6 is 11.6 Å². The maximum Gasteiger partial charge on any atom is 0.231 e. The number of rotatable bonds is 2. The summed E-state index contributed by atoms with van der Waals surface area (Å²) in [5, 5.41) is 4.46. The van der Waals surface area contributed by atoms with Crippen molar-refractivity contribution in [1.82, 2.24) is 15.0 Å². The number of hydrogen-bond donors (Lipinski definition) is 0. The van der Waals surface area contributed by atoms with E-state index in [1.54, 1.807) is 0 Å². The molecule has 22 heavy (non-hydrogen) atoms. The molecule has 0 N–H and O–H groups in total. The molecule has 3 heterocycles. The van der Waals surface area contributed by atoms with Crippen molar-refractivity contribution >= 4 is 11.6 Å². The number of piperidine rings is 1. The van der Waals surface area contributed by atoms with Crippen LogP contribution in [0.2, 0.25) is 0 Å². The summed E-state index contributed by atoms with van der Waals surface area (Å²) >= 11 is 6.32. The zero-order valence-electron chi connectivity index (χ0n) is 13.5. The Balaban J connectivity index is 1.63. The minimum atomic E-state index is 0.392. The van der Waals surface area contributed by atoms with Crippen molar-refractivity contribution in [3.63, 3.8) is 0 Å². The van der Waals surface area contributed by atoms with Gasteiger partial charge in [-0.2, -0.15) is 4.98 Å². The van der Waals surface area contributed by atoms with E-state index in [4.69, 9.17) is 16.1 Å². The van der Waals surface area contributed by atoms with E-state index in [1.165, 1.54) is 44.9 Å². The first-order chi connectivity index (χ1) is 10.6. The van der Waals surface area contributed by atoms with Gasteiger partial charge in [0.2, 0.25) is 5.89 Å². The van der Waals surface area contributed by atoms with E-state index in [0.717, 1.165) is 23.7 Å². The summed E-state index contributed by atoms with van der Waals surface area (Å²) in [6, 6.07) is 1.33. The molecule has 1 aromatic heterocycles. The summed E-state index contributed by atoms with van der Waals surface area (Å²) in [6.45, 7) is 1.92. The number of likely N-dealkylation sites (N-methyl/N-ethyl adjacent to an activating group) is 1.